The van der Waals surface area contributed by atoms with Crippen molar-refractivity contribution in [3.05, 3.63) is 11.9 Å². The quantitative estimate of drug-likeness (QED) is 0.514. The van der Waals surface area contributed by atoms with Gasteiger partial charge in [-0.2, -0.15) is 0 Å². The Morgan fingerprint density at radius 1 is 1.47 bits per heavy atom. The first-order valence-corrected chi connectivity index (χ1v) is 8.23. The molecule has 1 aliphatic carbocycles. The lowest BCUT2D eigenvalue weighted by atomic mass is 10.2. The van der Waals surface area contributed by atoms with Crippen molar-refractivity contribution >= 4 is 22.4 Å². The van der Waals surface area contributed by atoms with E-state index in [1.54, 1.807) is 12.3 Å². The largest absolute Gasteiger partial charge is 0.367 e. The summed E-state index contributed by atoms with van der Waals surface area (Å²) < 4.78 is 11.1. The Bertz CT molecular complexity index is 463. The highest BCUT2D eigenvalue weighted by Gasteiger charge is 2.27. The van der Waals surface area contributed by atoms with Gasteiger partial charge < -0.3 is 10.7 Å². The van der Waals surface area contributed by atoms with Gasteiger partial charge in [-0.3, -0.25) is 4.21 Å². The fraction of sp³-hybridized carbons (Fsp3) is 0.667. The highest BCUT2D eigenvalue weighted by atomic mass is 32.2. The average Bonchev–Trinajstić information content (AvgIpc) is 3.20. The molecule has 0 bridgehead atoms. The molecule has 2 unspecified atom stereocenters. The minimum atomic E-state index is -0.757. The molecule has 0 spiro atoms. The van der Waals surface area contributed by atoms with Gasteiger partial charge in [0.2, 0.25) is 0 Å². The molecule has 0 aliphatic heterocycles. The zero-order chi connectivity index (χ0) is 13.8. The zero-order valence-electron chi connectivity index (χ0n) is 11.3. The molecule has 7 heteroatoms. The molecule has 2 rings (SSSR count). The fourth-order valence-corrected chi connectivity index (χ4v) is 2.49. The van der Waals surface area contributed by atoms with Crippen LogP contribution in [0.4, 0.5) is 11.6 Å². The normalized spacial score (nSPS) is 17.8. The van der Waals surface area contributed by atoms with Crippen molar-refractivity contribution in [2.24, 2.45) is 5.84 Å². The smallest absolute Gasteiger partial charge is 0.145 e. The first-order chi connectivity index (χ1) is 9.08. The standard InChI is InChI=1S/C12H21N5OS/c1-8(5-6-19(2)18)14-10-7-11(17-13)16-12(15-10)9-3-4-9/h7-9H,3-6,13H2,1-2H3,(H2,14,15,16,17). The van der Waals surface area contributed by atoms with E-state index in [0.29, 0.717) is 17.5 Å². The van der Waals surface area contributed by atoms with E-state index in [2.05, 4.69) is 27.6 Å². The van der Waals surface area contributed by atoms with Crippen LogP contribution in [0.1, 0.15) is 37.9 Å². The fourth-order valence-electron chi connectivity index (χ4n) is 1.81. The van der Waals surface area contributed by atoms with E-state index in [4.69, 9.17) is 5.84 Å². The number of nitrogen functional groups attached to an aromatic ring is 1. The maximum Gasteiger partial charge on any atom is 0.145 e. The van der Waals surface area contributed by atoms with Crippen LogP contribution >= 0.6 is 0 Å². The van der Waals surface area contributed by atoms with Crippen LogP contribution in [0.3, 0.4) is 0 Å². The van der Waals surface area contributed by atoms with Crippen molar-refractivity contribution < 1.29 is 4.21 Å². The van der Waals surface area contributed by atoms with Gasteiger partial charge in [0.15, 0.2) is 0 Å². The Labute approximate surface area is 116 Å². The molecule has 0 aromatic carbocycles. The summed E-state index contributed by atoms with van der Waals surface area (Å²) in [5, 5.41) is 3.31. The first kappa shape index (κ1) is 14.2. The summed E-state index contributed by atoms with van der Waals surface area (Å²) in [6, 6.07) is 2.02. The molecule has 0 saturated heterocycles. The third-order valence-corrected chi connectivity index (χ3v) is 3.88. The predicted octanol–water partition coefficient (Wildman–Crippen LogP) is 1.21. The molecule has 1 aromatic rings. The molecule has 2 atom stereocenters. The van der Waals surface area contributed by atoms with Crippen LogP contribution in [0.5, 0.6) is 0 Å². The topological polar surface area (TPSA) is 92.9 Å². The second kappa shape index (κ2) is 6.29. The van der Waals surface area contributed by atoms with Gasteiger partial charge in [0.25, 0.3) is 0 Å². The van der Waals surface area contributed by atoms with Gasteiger partial charge in [0.1, 0.15) is 17.5 Å². The molecule has 0 amide bonds. The summed E-state index contributed by atoms with van der Waals surface area (Å²) in [5.41, 5.74) is 2.57. The number of rotatable bonds is 7. The average molecular weight is 283 g/mol. The van der Waals surface area contributed by atoms with E-state index in [0.717, 1.165) is 30.9 Å². The molecule has 4 N–H and O–H groups in total. The number of hydrazine groups is 1. The number of hydrogen-bond acceptors (Lipinski definition) is 6. The maximum absolute atomic E-state index is 11.1. The van der Waals surface area contributed by atoms with Crippen LogP contribution in [0, 0.1) is 0 Å². The van der Waals surface area contributed by atoms with E-state index in [9.17, 15) is 4.21 Å². The van der Waals surface area contributed by atoms with Crippen molar-refractivity contribution in [1.29, 1.82) is 0 Å². The van der Waals surface area contributed by atoms with Crippen LogP contribution in [0.2, 0.25) is 0 Å². The second-order valence-corrected chi connectivity index (χ2v) is 6.58. The van der Waals surface area contributed by atoms with Crippen LogP contribution in [-0.4, -0.2) is 32.2 Å². The molecule has 106 valence electrons. The molecule has 1 aromatic heterocycles. The van der Waals surface area contributed by atoms with Gasteiger partial charge in [-0.05, 0) is 26.2 Å². The van der Waals surface area contributed by atoms with Gasteiger partial charge in [0, 0.05) is 40.8 Å². The van der Waals surface area contributed by atoms with Gasteiger partial charge in [-0.25, -0.2) is 15.8 Å². The van der Waals surface area contributed by atoms with E-state index in [-0.39, 0.29) is 6.04 Å². The van der Waals surface area contributed by atoms with E-state index in [1.807, 2.05) is 0 Å². The molecule has 1 saturated carbocycles. The lowest BCUT2D eigenvalue weighted by molar-refractivity contribution is 0.678. The monoisotopic (exact) mass is 283 g/mol. The van der Waals surface area contributed by atoms with Crippen LogP contribution in [0.25, 0.3) is 0 Å². The number of nitrogens with two attached hydrogens (primary N) is 1. The van der Waals surface area contributed by atoms with Crippen LogP contribution < -0.4 is 16.6 Å². The number of nitrogens with one attached hydrogen (secondary N) is 2. The lowest BCUT2D eigenvalue weighted by Crippen LogP contribution is -2.20. The summed E-state index contributed by atoms with van der Waals surface area (Å²) in [6.07, 6.45) is 4.87. The van der Waals surface area contributed by atoms with Crippen molar-refractivity contribution in [2.75, 3.05) is 22.8 Å². The van der Waals surface area contributed by atoms with Crippen molar-refractivity contribution in [1.82, 2.24) is 9.97 Å². The predicted molar refractivity (Wildman–Crippen MR) is 78.5 cm³/mol. The van der Waals surface area contributed by atoms with E-state index < -0.39 is 10.8 Å². The highest BCUT2D eigenvalue weighted by molar-refractivity contribution is 7.84. The SMILES string of the molecule is CC(CCS(C)=O)Nc1cc(NN)nc(C2CC2)n1. The number of hydrogen-bond donors (Lipinski definition) is 3. The number of nitrogens with zero attached hydrogens (tertiary/aromatic N) is 2. The molecule has 1 aliphatic rings. The minimum Gasteiger partial charge on any atom is -0.367 e. The minimum absolute atomic E-state index is 0.219. The molecule has 1 heterocycles. The van der Waals surface area contributed by atoms with Crippen LogP contribution in [0.15, 0.2) is 6.07 Å². The molecule has 1 fully saturated rings. The van der Waals surface area contributed by atoms with Crippen molar-refractivity contribution in [2.45, 2.75) is 38.1 Å². The summed E-state index contributed by atoms with van der Waals surface area (Å²) in [4.78, 5) is 8.88. The van der Waals surface area contributed by atoms with Gasteiger partial charge in [-0.1, -0.05) is 0 Å². The molecular formula is C12H21N5OS. The Morgan fingerprint density at radius 2 is 2.16 bits per heavy atom. The van der Waals surface area contributed by atoms with E-state index >= 15 is 0 Å². The Kier molecular flexibility index (Phi) is 4.71. The summed E-state index contributed by atoms with van der Waals surface area (Å²) in [6.45, 7) is 2.06. The third-order valence-electron chi connectivity index (χ3n) is 3.07. The van der Waals surface area contributed by atoms with Gasteiger partial charge >= 0.3 is 0 Å². The zero-order valence-corrected chi connectivity index (χ0v) is 12.2. The van der Waals surface area contributed by atoms with Gasteiger partial charge in [-0.15, -0.1) is 0 Å². The van der Waals surface area contributed by atoms with Crippen LogP contribution in [-0.2, 0) is 10.8 Å². The molecular weight excluding hydrogens is 262 g/mol. The van der Waals surface area contributed by atoms with Crippen molar-refractivity contribution in [3.63, 3.8) is 0 Å². The molecule has 0 radical (unpaired) electrons. The second-order valence-electron chi connectivity index (χ2n) is 5.03. The summed E-state index contributed by atoms with van der Waals surface area (Å²) in [7, 11) is -0.757. The van der Waals surface area contributed by atoms with Crippen molar-refractivity contribution in [3.8, 4) is 0 Å². The highest BCUT2D eigenvalue weighted by Crippen LogP contribution is 2.38. The number of anilines is 2. The lowest BCUT2D eigenvalue weighted by Gasteiger charge is -2.15. The first-order valence-electron chi connectivity index (χ1n) is 6.50. The molecule has 6 nitrogen and oxygen atoms in total. The Hall–Kier alpha value is -1.21. The maximum atomic E-state index is 11.1. The third kappa shape index (κ3) is 4.43. The van der Waals surface area contributed by atoms with E-state index in [1.165, 1.54) is 0 Å². The Morgan fingerprint density at radius 3 is 2.74 bits per heavy atom. The summed E-state index contributed by atoms with van der Waals surface area (Å²) in [5.74, 6) is 8.86. The summed E-state index contributed by atoms with van der Waals surface area (Å²) >= 11 is 0. The molecule has 19 heavy (non-hydrogen) atoms. The van der Waals surface area contributed by atoms with Gasteiger partial charge in [0.05, 0.1) is 0 Å². The Balaban J connectivity index is 2.02. The number of aromatic nitrogens is 2.